The SMILES string of the molecule is CC(C)(CS(=O)(=O)CCO)NCl. The highest BCUT2D eigenvalue weighted by molar-refractivity contribution is 7.91. The molecule has 0 aromatic carbocycles. The first-order valence-corrected chi connectivity index (χ1v) is 5.72. The molecule has 0 radical (unpaired) electrons. The molecule has 0 aromatic heterocycles. The summed E-state index contributed by atoms with van der Waals surface area (Å²) < 4.78 is 22.3. The second-order valence-corrected chi connectivity index (χ2v) is 5.67. The van der Waals surface area contributed by atoms with Crippen molar-refractivity contribution in [2.45, 2.75) is 19.4 Å². The van der Waals surface area contributed by atoms with E-state index in [-0.39, 0.29) is 18.1 Å². The topological polar surface area (TPSA) is 66.4 Å². The predicted molar refractivity (Wildman–Crippen MR) is 48.8 cm³/mol. The molecule has 0 aromatic rings. The van der Waals surface area contributed by atoms with Gasteiger partial charge in [0.05, 0.1) is 18.1 Å². The fourth-order valence-corrected chi connectivity index (χ4v) is 2.53. The quantitative estimate of drug-likeness (QED) is 0.630. The number of aliphatic hydroxyl groups excluding tert-OH is 1. The summed E-state index contributed by atoms with van der Waals surface area (Å²) in [6.45, 7) is 3.00. The van der Waals surface area contributed by atoms with Gasteiger partial charge in [0.25, 0.3) is 0 Å². The summed E-state index contributed by atoms with van der Waals surface area (Å²) in [5.41, 5.74) is -0.657. The summed E-state index contributed by atoms with van der Waals surface area (Å²) in [4.78, 5) is 2.37. The molecule has 0 aliphatic heterocycles. The normalized spacial score (nSPS) is 13.3. The number of rotatable bonds is 5. The van der Waals surface area contributed by atoms with E-state index in [1.807, 2.05) is 0 Å². The molecule has 0 amide bonds. The lowest BCUT2D eigenvalue weighted by Crippen LogP contribution is -2.41. The molecule has 0 rings (SSSR count). The average Bonchev–Trinajstić information content (AvgIpc) is 1.85. The first-order valence-electron chi connectivity index (χ1n) is 3.52. The smallest absolute Gasteiger partial charge is 0.154 e. The van der Waals surface area contributed by atoms with E-state index in [0.29, 0.717) is 0 Å². The highest BCUT2D eigenvalue weighted by Crippen LogP contribution is 2.07. The summed E-state index contributed by atoms with van der Waals surface area (Å²) >= 11 is 5.32. The minimum absolute atomic E-state index is 0.0793. The average molecular weight is 216 g/mol. The van der Waals surface area contributed by atoms with E-state index in [9.17, 15) is 8.42 Å². The van der Waals surface area contributed by atoms with Crippen molar-refractivity contribution in [2.24, 2.45) is 0 Å². The molecule has 0 aliphatic rings. The molecule has 0 spiro atoms. The number of halogens is 1. The van der Waals surface area contributed by atoms with Gasteiger partial charge >= 0.3 is 0 Å². The van der Waals surface area contributed by atoms with Crippen molar-refractivity contribution in [1.29, 1.82) is 0 Å². The lowest BCUT2D eigenvalue weighted by Gasteiger charge is -2.21. The largest absolute Gasteiger partial charge is 0.395 e. The second kappa shape index (κ2) is 4.41. The van der Waals surface area contributed by atoms with E-state index in [4.69, 9.17) is 16.9 Å². The monoisotopic (exact) mass is 215 g/mol. The van der Waals surface area contributed by atoms with Gasteiger partial charge in [-0.05, 0) is 25.6 Å². The van der Waals surface area contributed by atoms with Crippen molar-refractivity contribution in [3.63, 3.8) is 0 Å². The third kappa shape index (κ3) is 4.92. The van der Waals surface area contributed by atoms with Crippen LogP contribution in [0.3, 0.4) is 0 Å². The summed E-state index contributed by atoms with van der Waals surface area (Å²) in [5, 5.41) is 8.44. The molecular weight excluding hydrogens is 202 g/mol. The third-order valence-electron chi connectivity index (χ3n) is 1.24. The van der Waals surface area contributed by atoms with Gasteiger partial charge in [-0.25, -0.2) is 13.3 Å². The van der Waals surface area contributed by atoms with Crippen LogP contribution in [0.1, 0.15) is 13.8 Å². The van der Waals surface area contributed by atoms with E-state index >= 15 is 0 Å². The van der Waals surface area contributed by atoms with E-state index in [1.54, 1.807) is 13.8 Å². The zero-order valence-corrected chi connectivity index (χ0v) is 8.74. The molecule has 74 valence electrons. The van der Waals surface area contributed by atoms with Crippen molar-refractivity contribution in [3.8, 4) is 0 Å². The molecule has 0 bridgehead atoms. The Bertz CT molecular complexity index is 225. The van der Waals surface area contributed by atoms with Gasteiger partial charge in [-0.15, -0.1) is 0 Å². The van der Waals surface area contributed by atoms with Crippen LogP contribution in [-0.2, 0) is 9.84 Å². The van der Waals surface area contributed by atoms with Crippen LogP contribution >= 0.6 is 11.8 Å². The molecule has 0 saturated heterocycles. The lowest BCUT2D eigenvalue weighted by molar-refractivity contribution is 0.319. The summed E-state index contributed by atoms with van der Waals surface area (Å²) in [7, 11) is -3.20. The fraction of sp³-hybridized carbons (Fsp3) is 1.00. The zero-order chi connectivity index (χ0) is 9.83. The Labute approximate surface area is 77.9 Å². The standard InChI is InChI=1S/C6H14ClNO3S/c1-6(2,8-7)5-12(10,11)4-3-9/h8-9H,3-5H2,1-2H3. The maximum atomic E-state index is 11.1. The highest BCUT2D eigenvalue weighted by atomic mass is 35.5. The summed E-state index contributed by atoms with van der Waals surface area (Å²) in [6.07, 6.45) is 0. The van der Waals surface area contributed by atoms with E-state index < -0.39 is 15.4 Å². The van der Waals surface area contributed by atoms with Crippen molar-refractivity contribution >= 4 is 21.6 Å². The van der Waals surface area contributed by atoms with Gasteiger partial charge in [0.2, 0.25) is 0 Å². The van der Waals surface area contributed by atoms with Gasteiger partial charge in [0.15, 0.2) is 9.84 Å². The lowest BCUT2D eigenvalue weighted by atomic mass is 10.1. The van der Waals surface area contributed by atoms with Crippen LogP contribution in [0.2, 0.25) is 0 Å². The molecule has 12 heavy (non-hydrogen) atoms. The van der Waals surface area contributed by atoms with Gasteiger partial charge in [-0.3, -0.25) is 0 Å². The molecule has 0 unspecified atom stereocenters. The molecule has 4 nitrogen and oxygen atoms in total. The Kier molecular flexibility index (Phi) is 4.47. The summed E-state index contributed by atoms with van der Waals surface area (Å²) in [6, 6.07) is 0. The maximum Gasteiger partial charge on any atom is 0.154 e. The Morgan fingerprint density at radius 1 is 1.50 bits per heavy atom. The van der Waals surface area contributed by atoms with Crippen molar-refractivity contribution < 1.29 is 13.5 Å². The molecular formula is C6H14ClNO3S. The van der Waals surface area contributed by atoms with E-state index in [1.165, 1.54) is 0 Å². The second-order valence-electron chi connectivity index (χ2n) is 3.29. The molecule has 6 heteroatoms. The van der Waals surface area contributed by atoms with Crippen molar-refractivity contribution in [1.82, 2.24) is 4.84 Å². The van der Waals surface area contributed by atoms with Crippen LogP contribution in [0, 0.1) is 0 Å². The van der Waals surface area contributed by atoms with Gasteiger partial charge in [-0.2, -0.15) is 0 Å². The van der Waals surface area contributed by atoms with Crippen LogP contribution in [0.25, 0.3) is 0 Å². The molecule has 0 saturated carbocycles. The van der Waals surface area contributed by atoms with Crippen molar-refractivity contribution in [2.75, 3.05) is 18.1 Å². The van der Waals surface area contributed by atoms with Gasteiger partial charge in [0.1, 0.15) is 0 Å². The Balaban J connectivity index is 4.25. The third-order valence-corrected chi connectivity index (χ3v) is 3.72. The van der Waals surface area contributed by atoms with Crippen LogP contribution in [-0.4, -0.2) is 37.2 Å². The maximum absolute atomic E-state index is 11.1. The van der Waals surface area contributed by atoms with Gasteiger partial charge in [-0.1, -0.05) is 0 Å². The zero-order valence-electron chi connectivity index (χ0n) is 7.17. The Morgan fingerprint density at radius 2 is 2.00 bits per heavy atom. The van der Waals surface area contributed by atoms with Crippen LogP contribution in [0.5, 0.6) is 0 Å². The number of hydrogen-bond donors (Lipinski definition) is 2. The van der Waals surface area contributed by atoms with Crippen LogP contribution in [0.15, 0.2) is 0 Å². The van der Waals surface area contributed by atoms with Crippen LogP contribution < -0.4 is 4.84 Å². The summed E-state index contributed by atoms with van der Waals surface area (Å²) in [5.74, 6) is -0.293. The number of aliphatic hydroxyl groups is 1. The first-order chi connectivity index (χ1) is 5.33. The molecule has 0 heterocycles. The van der Waals surface area contributed by atoms with Gasteiger partial charge < -0.3 is 5.11 Å². The highest BCUT2D eigenvalue weighted by Gasteiger charge is 2.24. The minimum atomic E-state index is -3.20. The molecule has 0 atom stereocenters. The molecule has 0 aliphatic carbocycles. The molecule has 2 N–H and O–H groups in total. The van der Waals surface area contributed by atoms with Gasteiger partial charge in [0, 0.05) is 5.54 Å². The van der Waals surface area contributed by atoms with E-state index in [0.717, 1.165) is 0 Å². The number of hydrogen-bond acceptors (Lipinski definition) is 4. The molecule has 0 fully saturated rings. The predicted octanol–water partition coefficient (Wildman–Crippen LogP) is -0.0845. The fourth-order valence-electron chi connectivity index (χ4n) is 0.788. The number of sulfone groups is 1. The Morgan fingerprint density at radius 3 is 2.33 bits per heavy atom. The van der Waals surface area contributed by atoms with Crippen LogP contribution in [0.4, 0.5) is 0 Å². The minimum Gasteiger partial charge on any atom is -0.395 e. The van der Waals surface area contributed by atoms with E-state index in [2.05, 4.69) is 4.84 Å². The number of nitrogens with one attached hydrogen (secondary N) is 1. The van der Waals surface area contributed by atoms with Crippen molar-refractivity contribution in [3.05, 3.63) is 0 Å². The first kappa shape index (κ1) is 12.2. The Hall–Kier alpha value is 0.160.